The van der Waals surface area contributed by atoms with Crippen LogP contribution in [0.3, 0.4) is 0 Å². The van der Waals surface area contributed by atoms with Gasteiger partial charge in [0.05, 0.1) is 0 Å². The molecule has 4 rings (SSSR count). The fourth-order valence-electron chi connectivity index (χ4n) is 7.11. The minimum atomic E-state index is -0.425. The molecule has 0 aliphatic heterocycles. The Morgan fingerprint density at radius 2 is 1.07 bits per heavy atom. The van der Waals surface area contributed by atoms with Crippen LogP contribution < -0.4 is 0 Å². The van der Waals surface area contributed by atoms with Gasteiger partial charge in [-0.2, -0.15) is 0 Å². The molecule has 4 aliphatic carbocycles. The maximum absolute atomic E-state index is 12.3. The van der Waals surface area contributed by atoms with E-state index in [-0.39, 0.29) is 33.9 Å². The summed E-state index contributed by atoms with van der Waals surface area (Å²) in [6, 6.07) is 0. The fraction of sp³-hybridized carbons (Fsp3) is 0.833. The van der Waals surface area contributed by atoms with Crippen LogP contribution in [0.2, 0.25) is 0 Å². The van der Waals surface area contributed by atoms with E-state index >= 15 is 0 Å². The zero-order valence-electron chi connectivity index (χ0n) is 18.3. The van der Waals surface area contributed by atoms with Crippen molar-refractivity contribution in [2.24, 2.45) is 33.5 Å². The van der Waals surface area contributed by atoms with Crippen molar-refractivity contribution in [1.29, 1.82) is 0 Å². The van der Waals surface area contributed by atoms with E-state index in [1.165, 1.54) is 25.0 Å². The van der Waals surface area contributed by atoms with E-state index in [9.17, 15) is 9.59 Å². The third-order valence-corrected chi connectivity index (χ3v) is 10.3. The number of carbonyl (C=O) groups is 2. The van der Waals surface area contributed by atoms with Gasteiger partial charge in [-0.1, -0.05) is 41.5 Å². The topological polar surface area (TPSA) is 52.6 Å². The molecular formula is C24H36O4. The van der Waals surface area contributed by atoms with Crippen molar-refractivity contribution in [2.45, 2.75) is 92.3 Å². The van der Waals surface area contributed by atoms with Crippen molar-refractivity contribution in [3.8, 4) is 0 Å². The van der Waals surface area contributed by atoms with Crippen LogP contribution in [0.5, 0.6) is 0 Å². The van der Waals surface area contributed by atoms with E-state index in [1.54, 1.807) is 0 Å². The van der Waals surface area contributed by atoms with Crippen LogP contribution in [0.25, 0.3) is 0 Å². The predicted molar refractivity (Wildman–Crippen MR) is 107 cm³/mol. The van der Waals surface area contributed by atoms with Gasteiger partial charge < -0.3 is 9.47 Å². The maximum Gasteiger partial charge on any atom is 0.331 e. The summed E-state index contributed by atoms with van der Waals surface area (Å²) >= 11 is 0. The molecule has 156 valence electrons. The molecule has 0 aromatic heterocycles. The molecule has 0 aromatic carbocycles. The Labute approximate surface area is 169 Å². The second kappa shape index (κ2) is 6.09. The summed E-state index contributed by atoms with van der Waals surface area (Å²) in [6.45, 7) is 13.7. The molecule has 0 N–H and O–H groups in total. The van der Waals surface area contributed by atoms with Crippen molar-refractivity contribution in [1.82, 2.24) is 0 Å². The molecule has 4 bridgehead atoms. The lowest BCUT2D eigenvalue weighted by Gasteiger charge is -2.38. The van der Waals surface area contributed by atoms with Crippen LogP contribution in [0, 0.1) is 33.5 Å². The van der Waals surface area contributed by atoms with Gasteiger partial charge in [0.1, 0.15) is 12.2 Å². The summed E-state index contributed by atoms with van der Waals surface area (Å²) in [7, 11) is 0. The smallest absolute Gasteiger partial charge is 0.331 e. The van der Waals surface area contributed by atoms with E-state index < -0.39 is 11.9 Å². The minimum absolute atomic E-state index is 0.0327. The van der Waals surface area contributed by atoms with Gasteiger partial charge in [0, 0.05) is 23.0 Å². The highest BCUT2D eigenvalue weighted by Crippen LogP contribution is 2.67. The maximum atomic E-state index is 12.3. The molecule has 0 radical (unpaired) electrons. The molecule has 4 fully saturated rings. The molecule has 4 nitrogen and oxygen atoms in total. The number of esters is 2. The summed E-state index contributed by atoms with van der Waals surface area (Å²) in [5.41, 5.74) is 0.463. The van der Waals surface area contributed by atoms with Gasteiger partial charge in [-0.05, 0) is 61.2 Å². The Bertz CT molecular complexity index is 660. The van der Waals surface area contributed by atoms with Crippen LogP contribution in [-0.4, -0.2) is 24.1 Å². The van der Waals surface area contributed by atoms with Crippen LogP contribution in [0.4, 0.5) is 0 Å². The summed E-state index contributed by atoms with van der Waals surface area (Å²) in [5.74, 6) is 0.384. The molecule has 4 heteroatoms. The normalized spacial score (nSPS) is 44.9. The molecule has 28 heavy (non-hydrogen) atoms. The minimum Gasteiger partial charge on any atom is -0.459 e. The molecule has 4 saturated carbocycles. The molecule has 6 atom stereocenters. The summed E-state index contributed by atoms with van der Waals surface area (Å²) < 4.78 is 11.5. The highest BCUT2D eigenvalue weighted by atomic mass is 16.6. The quantitative estimate of drug-likeness (QED) is 0.499. The fourth-order valence-corrected chi connectivity index (χ4v) is 7.11. The van der Waals surface area contributed by atoms with E-state index in [0.29, 0.717) is 11.8 Å². The van der Waals surface area contributed by atoms with Crippen LogP contribution in [-0.2, 0) is 19.1 Å². The van der Waals surface area contributed by atoms with Crippen molar-refractivity contribution in [3.05, 3.63) is 12.2 Å². The molecule has 0 aromatic rings. The average Bonchev–Trinajstić information content (AvgIpc) is 3.12. The first-order valence-corrected chi connectivity index (χ1v) is 11.0. The number of fused-ring (bicyclic) bond motifs is 4. The second-order valence-electron chi connectivity index (χ2n) is 11.4. The number of rotatable bonds is 4. The highest BCUT2D eigenvalue weighted by molar-refractivity contribution is 5.91. The lowest BCUT2D eigenvalue weighted by molar-refractivity contribution is -0.153. The molecule has 0 amide bonds. The molecule has 4 aliphatic rings. The van der Waals surface area contributed by atoms with Gasteiger partial charge in [-0.3, -0.25) is 0 Å². The molecule has 0 saturated heterocycles. The van der Waals surface area contributed by atoms with Crippen LogP contribution in [0.1, 0.15) is 80.1 Å². The van der Waals surface area contributed by atoms with Gasteiger partial charge >= 0.3 is 11.9 Å². The Hall–Kier alpha value is -1.32. The van der Waals surface area contributed by atoms with Crippen LogP contribution >= 0.6 is 0 Å². The zero-order chi connectivity index (χ0) is 20.5. The average molecular weight is 389 g/mol. The Balaban J connectivity index is 1.33. The number of carbonyl (C=O) groups excluding carboxylic acids is 2. The van der Waals surface area contributed by atoms with Gasteiger partial charge in [0.25, 0.3) is 0 Å². The Kier molecular flexibility index (Phi) is 4.34. The first-order chi connectivity index (χ1) is 12.9. The predicted octanol–water partition coefficient (Wildman–Crippen LogP) is 5.06. The summed E-state index contributed by atoms with van der Waals surface area (Å²) in [6.07, 6.45) is 8.91. The van der Waals surface area contributed by atoms with Gasteiger partial charge in [-0.25, -0.2) is 9.59 Å². The lowest BCUT2D eigenvalue weighted by Crippen LogP contribution is -2.38. The Morgan fingerprint density at radius 3 is 1.32 bits per heavy atom. The number of hydrogen-bond donors (Lipinski definition) is 0. The van der Waals surface area contributed by atoms with Crippen molar-refractivity contribution < 1.29 is 19.1 Å². The first kappa shape index (κ1) is 20.0. The highest BCUT2D eigenvalue weighted by Gasteiger charge is 2.63. The van der Waals surface area contributed by atoms with E-state index in [2.05, 4.69) is 41.5 Å². The SMILES string of the molecule is CC1(C)C2CCC1(C)C(OC(=O)C=CC(=O)OC1CC3CCC1(C)C3(C)C)C2. The third kappa shape index (κ3) is 2.55. The van der Waals surface area contributed by atoms with E-state index in [0.717, 1.165) is 25.7 Å². The molecule has 0 spiro atoms. The largest absolute Gasteiger partial charge is 0.459 e. The van der Waals surface area contributed by atoms with E-state index in [1.807, 2.05) is 0 Å². The lowest BCUT2D eigenvalue weighted by atomic mass is 9.70. The monoisotopic (exact) mass is 388 g/mol. The van der Waals surface area contributed by atoms with Gasteiger partial charge in [0.2, 0.25) is 0 Å². The summed E-state index contributed by atoms with van der Waals surface area (Å²) in [4.78, 5) is 24.7. The third-order valence-electron chi connectivity index (χ3n) is 10.3. The molecule has 6 unspecified atom stereocenters. The van der Waals surface area contributed by atoms with Crippen molar-refractivity contribution in [3.63, 3.8) is 0 Å². The van der Waals surface area contributed by atoms with E-state index in [4.69, 9.17) is 9.47 Å². The number of ether oxygens (including phenoxy) is 2. The number of hydrogen-bond acceptors (Lipinski definition) is 4. The van der Waals surface area contributed by atoms with Crippen molar-refractivity contribution in [2.75, 3.05) is 0 Å². The zero-order valence-corrected chi connectivity index (χ0v) is 18.3. The molecule has 0 heterocycles. The van der Waals surface area contributed by atoms with Gasteiger partial charge in [-0.15, -0.1) is 0 Å². The summed E-state index contributed by atoms with van der Waals surface area (Å²) in [5, 5.41) is 0. The molecular weight excluding hydrogens is 352 g/mol. The van der Waals surface area contributed by atoms with Crippen LogP contribution in [0.15, 0.2) is 12.2 Å². The second-order valence-corrected chi connectivity index (χ2v) is 11.4. The van der Waals surface area contributed by atoms with Crippen molar-refractivity contribution >= 4 is 11.9 Å². The Morgan fingerprint density at radius 1 is 0.714 bits per heavy atom. The van der Waals surface area contributed by atoms with Gasteiger partial charge in [0.15, 0.2) is 0 Å². The first-order valence-electron chi connectivity index (χ1n) is 11.0. The standard InChI is InChI=1S/C24H36O4/c1-21(2)15-9-11-23(21,5)17(13-15)27-19(25)7-8-20(26)28-18-14-16-10-12-24(18,6)22(16,3)4/h7-8,15-18H,9-14H2,1-6H3.